The molecular formula is C34H54N2O5. The Balaban J connectivity index is 1.23. The summed E-state index contributed by atoms with van der Waals surface area (Å²) in [6.45, 7) is 2.93. The number of hydrogen-bond acceptors (Lipinski definition) is 6. The van der Waals surface area contributed by atoms with Crippen LogP contribution in [0.4, 0.5) is 0 Å². The van der Waals surface area contributed by atoms with Crippen molar-refractivity contribution in [3.8, 4) is 0 Å². The van der Waals surface area contributed by atoms with Crippen molar-refractivity contribution in [2.75, 3.05) is 6.54 Å². The van der Waals surface area contributed by atoms with E-state index in [1.807, 2.05) is 18.2 Å². The molecule has 1 aliphatic heterocycles. The lowest BCUT2D eigenvalue weighted by Crippen LogP contribution is -2.44. The smallest absolute Gasteiger partial charge is 0.309 e. The Kier molecular flexibility index (Phi) is 11.6. The zero-order valence-electron chi connectivity index (χ0n) is 25.0. The molecule has 3 aliphatic carbocycles. The minimum absolute atomic E-state index is 0.00967. The number of aliphatic hydroxyl groups excluding tert-OH is 2. The van der Waals surface area contributed by atoms with Gasteiger partial charge in [-0.3, -0.25) is 4.79 Å². The molecule has 4 aliphatic rings. The van der Waals surface area contributed by atoms with E-state index in [0.717, 1.165) is 57.9 Å². The first-order chi connectivity index (χ1) is 19.7. The maximum atomic E-state index is 12.2. The lowest BCUT2D eigenvalue weighted by Gasteiger charge is -2.39. The van der Waals surface area contributed by atoms with Gasteiger partial charge in [-0.05, 0) is 74.9 Å². The molecule has 0 aromatic carbocycles. The van der Waals surface area contributed by atoms with Gasteiger partial charge < -0.3 is 31.5 Å². The standard InChI is InChI=1S/C34H54N2O5/c1-2-3-5-8-23-11-12-25(30(37)20-23)9-6-4-7-10-28(33(39)40)32(38)27-13-14-29-26(15-17-34(29,41)22-27)19-24-16-18-36-31(35)21-24/h11-14,16,21,23,25-30,32,36-38,41H,2-10,15,17-20,22,35H2,1H3,(H,39,40)/t23-,25-,26+,27+,28+,29+,30-,32-,34-/m1/s1. The average Bonchev–Trinajstić information content (AvgIpc) is 3.26. The average molecular weight is 571 g/mol. The summed E-state index contributed by atoms with van der Waals surface area (Å²) in [6.07, 6.45) is 23.7. The van der Waals surface area contributed by atoms with Crippen molar-refractivity contribution in [3.63, 3.8) is 0 Å². The van der Waals surface area contributed by atoms with E-state index < -0.39 is 23.6 Å². The van der Waals surface area contributed by atoms with Crippen LogP contribution in [-0.4, -0.2) is 50.7 Å². The summed E-state index contributed by atoms with van der Waals surface area (Å²) >= 11 is 0. The molecule has 9 atom stereocenters. The normalized spacial score (nSPS) is 34.3. The van der Waals surface area contributed by atoms with Crippen LogP contribution in [0.2, 0.25) is 0 Å². The molecule has 0 aromatic rings. The number of hydrogen-bond donors (Lipinski definition) is 6. The third-order valence-electron chi connectivity index (χ3n) is 10.3. The molecule has 0 unspecified atom stereocenters. The minimum atomic E-state index is -1.02. The first kappa shape index (κ1) is 31.8. The lowest BCUT2D eigenvalue weighted by atomic mass is 9.70. The fourth-order valence-corrected chi connectivity index (χ4v) is 7.86. The van der Waals surface area contributed by atoms with Crippen LogP contribution in [-0.2, 0) is 4.79 Å². The van der Waals surface area contributed by atoms with Gasteiger partial charge in [0, 0.05) is 24.3 Å². The molecule has 0 bridgehead atoms. The van der Waals surface area contributed by atoms with E-state index in [1.54, 1.807) is 0 Å². The second-order valence-corrected chi connectivity index (χ2v) is 13.3. The molecule has 7 N–H and O–H groups in total. The molecular weight excluding hydrogens is 516 g/mol. The molecule has 230 valence electrons. The number of aliphatic carboxylic acids is 1. The molecule has 0 spiro atoms. The second kappa shape index (κ2) is 14.9. The van der Waals surface area contributed by atoms with Gasteiger partial charge in [-0.15, -0.1) is 0 Å². The molecule has 1 heterocycles. The maximum Gasteiger partial charge on any atom is 0.309 e. The number of aliphatic hydroxyl groups is 3. The Morgan fingerprint density at radius 1 is 1.12 bits per heavy atom. The topological polar surface area (TPSA) is 136 Å². The van der Waals surface area contributed by atoms with Gasteiger partial charge in [0.2, 0.25) is 0 Å². The number of carboxylic acids is 1. The molecule has 0 amide bonds. The Morgan fingerprint density at radius 3 is 2.66 bits per heavy atom. The number of carbonyl (C=O) groups is 1. The Bertz CT molecular complexity index is 990. The van der Waals surface area contributed by atoms with Crippen molar-refractivity contribution in [2.45, 2.75) is 115 Å². The first-order valence-electron chi connectivity index (χ1n) is 16.3. The molecule has 0 aromatic heterocycles. The van der Waals surface area contributed by atoms with E-state index in [2.05, 4.69) is 30.5 Å². The predicted molar refractivity (Wildman–Crippen MR) is 162 cm³/mol. The van der Waals surface area contributed by atoms with Crippen molar-refractivity contribution in [2.24, 2.45) is 41.2 Å². The summed E-state index contributed by atoms with van der Waals surface area (Å²) in [5, 5.41) is 46.4. The lowest BCUT2D eigenvalue weighted by molar-refractivity contribution is -0.148. The van der Waals surface area contributed by atoms with Gasteiger partial charge in [-0.2, -0.15) is 0 Å². The van der Waals surface area contributed by atoms with E-state index in [9.17, 15) is 25.2 Å². The molecule has 4 rings (SSSR count). The Labute approximate surface area is 246 Å². The number of carboxylic acid groups (broad SMARTS) is 1. The quantitative estimate of drug-likeness (QED) is 0.118. The number of rotatable bonds is 15. The number of dihydropyridines is 1. The second-order valence-electron chi connectivity index (χ2n) is 13.3. The maximum absolute atomic E-state index is 12.2. The van der Waals surface area contributed by atoms with Crippen LogP contribution < -0.4 is 11.1 Å². The zero-order chi connectivity index (χ0) is 29.4. The van der Waals surface area contributed by atoms with Crippen molar-refractivity contribution < 1.29 is 25.2 Å². The SMILES string of the molecule is CCCCC[C@@H]1C=C[C@@H](CCCCC[C@H](C(=O)O)[C@H](O)[C@H]2C=C[C@H]3[C@H](CC4=CCNC(N)=C4)CC[C@@]3(O)C2)[C@H](O)C1. The van der Waals surface area contributed by atoms with Crippen LogP contribution in [0.25, 0.3) is 0 Å². The third kappa shape index (κ3) is 8.48. The molecule has 7 heteroatoms. The Morgan fingerprint density at radius 2 is 1.93 bits per heavy atom. The van der Waals surface area contributed by atoms with E-state index >= 15 is 0 Å². The van der Waals surface area contributed by atoms with Gasteiger partial charge in [0.05, 0.1) is 29.5 Å². The highest BCUT2D eigenvalue weighted by Gasteiger charge is 2.50. The molecule has 1 saturated carbocycles. The summed E-state index contributed by atoms with van der Waals surface area (Å²) < 4.78 is 0. The summed E-state index contributed by atoms with van der Waals surface area (Å²) in [6, 6.07) is 0. The number of fused-ring (bicyclic) bond motifs is 1. The van der Waals surface area contributed by atoms with Crippen LogP contribution in [0.5, 0.6) is 0 Å². The highest BCUT2D eigenvalue weighted by molar-refractivity contribution is 5.70. The van der Waals surface area contributed by atoms with Gasteiger partial charge in [-0.25, -0.2) is 0 Å². The van der Waals surface area contributed by atoms with Crippen LogP contribution in [0, 0.1) is 35.5 Å². The van der Waals surface area contributed by atoms with Gasteiger partial charge in [0.25, 0.3) is 0 Å². The zero-order valence-corrected chi connectivity index (χ0v) is 25.0. The van der Waals surface area contributed by atoms with Crippen LogP contribution >= 0.6 is 0 Å². The molecule has 41 heavy (non-hydrogen) atoms. The van der Waals surface area contributed by atoms with Gasteiger partial charge in [0.15, 0.2) is 0 Å². The van der Waals surface area contributed by atoms with Crippen LogP contribution in [0.15, 0.2) is 47.9 Å². The van der Waals surface area contributed by atoms with E-state index in [-0.39, 0.29) is 23.9 Å². The minimum Gasteiger partial charge on any atom is -0.481 e. The van der Waals surface area contributed by atoms with Crippen molar-refractivity contribution in [1.82, 2.24) is 5.32 Å². The predicted octanol–water partition coefficient (Wildman–Crippen LogP) is 5.19. The van der Waals surface area contributed by atoms with Crippen LogP contribution in [0.3, 0.4) is 0 Å². The Hall–Kier alpha value is -2.09. The van der Waals surface area contributed by atoms with Crippen LogP contribution in [0.1, 0.15) is 96.8 Å². The number of nitrogens with one attached hydrogen (secondary N) is 1. The summed E-state index contributed by atoms with van der Waals surface area (Å²) in [5.41, 5.74) is 6.22. The van der Waals surface area contributed by atoms with E-state index in [4.69, 9.17) is 5.73 Å². The summed E-state index contributed by atoms with van der Waals surface area (Å²) in [4.78, 5) is 12.2. The fraction of sp³-hybridized carbons (Fsp3) is 0.735. The van der Waals surface area contributed by atoms with E-state index in [1.165, 1.54) is 24.8 Å². The third-order valence-corrected chi connectivity index (χ3v) is 10.3. The fourth-order valence-electron chi connectivity index (χ4n) is 7.86. The van der Waals surface area contributed by atoms with Gasteiger partial charge in [0.1, 0.15) is 0 Å². The number of unbranched alkanes of at least 4 members (excludes halogenated alkanes) is 4. The number of nitrogens with two attached hydrogens (primary N) is 1. The molecule has 1 fully saturated rings. The van der Waals surface area contributed by atoms with Crippen molar-refractivity contribution in [3.05, 3.63) is 47.9 Å². The van der Waals surface area contributed by atoms with Crippen molar-refractivity contribution >= 4 is 5.97 Å². The van der Waals surface area contributed by atoms with Gasteiger partial charge >= 0.3 is 5.97 Å². The molecule has 0 saturated heterocycles. The molecule has 0 radical (unpaired) electrons. The number of allylic oxidation sites excluding steroid dienone is 3. The van der Waals surface area contributed by atoms with Crippen molar-refractivity contribution in [1.29, 1.82) is 0 Å². The highest BCUT2D eigenvalue weighted by Crippen LogP contribution is 2.50. The summed E-state index contributed by atoms with van der Waals surface area (Å²) in [7, 11) is 0. The first-order valence-corrected chi connectivity index (χ1v) is 16.3. The largest absolute Gasteiger partial charge is 0.481 e. The summed E-state index contributed by atoms with van der Waals surface area (Å²) in [5.74, 6) is -0.506. The highest BCUT2D eigenvalue weighted by atomic mass is 16.4. The van der Waals surface area contributed by atoms with E-state index in [0.29, 0.717) is 36.9 Å². The monoisotopic (exact) mass is 570 g/mol. The van der Waals surface area contributed by atoms with Gasteiger partial charge in [-0.1, -0.05) is 75.8 Å². The molecule has 7 nitrogen and oxygen atoms in total.